The first-order valence-corrected chi connectivity index (χ1v) is 9.65. The van der Waals surface area contributed by atoms with Gasteiger partial charge < -0.3 is 9.32 Å². The molecule has 27 heavy (non-hydrogen) atoms. The van der Waals surface area contributed by atoms with Crippen molar-refractivity contribution in [2.75, 3.05) is 0 Å². The molecule has 0 aliphatic rings. The monoisotopic (exact) mass is 499 g/mol. The van der Waals surface area contributed by atoms with E-state index in [1.165, 1.54) is 18.2 Å². The molecule has 0 radical (unpaired) electrons. The summed E-state index contributed by atoms with van der Waals surface area (Å²) in [6.07, 6.45) is 0. The van der Waals surface area contributed by atoms with Crippen LogP contribution in [0.15, 0.2) is 46.9 Å². The lowest BCUT2D eigenvalue weighted by Crippen LogP contribution is -2.37. The van der Waals surface area contributed by atoms with Crippen LogP contribution in [0.25, 0.3) is 11.5 Å². The molecule has 8 heteroatoms. The Hall–Kier alpha value is -2.00. The van der Waals surface area contributed by atoms with Gasteiger partial charge in [-0.2, -0.15) is 0 Å². The van der Waals surface area contributed by atoms with Crippen molar-refractivity contribution < 1.29 is 13.6 Å². The number of aromatic nitrogens is 2. The van der Waals surface area contributed by atoms with Crippen LogP contribution in [-0.2, 0) is 6.54 Å². The molecule has 0 spiro atoms. The maximum atomic E-state index is 13.3. The highest BCUT2D eigenvalue weighted by Gasteiger charge is 2.24. The van der Waals surface area contributed by atoms with Crippen LogP contribution >= 0.6 is 34.2 Å². The van der Waals surface area contributed by atoms with Crippen molar-refractivity contribution in [2.24, 2.45) is 0 Å². The molecule has 0 fully saturated rings. The van der Waals surface area contributed by atoms with Crippen LogP contribution in [0, 0.1) is 9.39 Å². The largest absolute Gasteiger partial charge is 0.419 e. The third-order valence-electron chi connectivity index (χ3n) is 3.92. The van der Waals surface area contributed by atoms with Gasteiger partial charge in [-0.1, -0.05) is 23.7 Å². The van der Waals surface area contributed by atoms with Gasteiger partial charge in [-0.15, -0.1) is 10.2 Å². The molecule has 0 atom stereocenters. The third-order valence-corrected chi connectivity index (χ3v) is 5.14. The molecule has 0 bridgehead atoms. The minimum absolute atomic E-state index is 0.117. The molecule has 140 valence electrons. The number of hydrogen-bond acceptors (Lipinski definition) is 4. The normalized spacial score (nSPS) is 11.0. The quantitative estimate of drug-likeness (QED) is 0.454. The van der Waals surface area contributed by atoms with Gasteiger partial charge in [0.1, 0.15) is 5.82 Å². The van der Waals surface area contributed by atoms with Gasteiger partial charge in [0.05, 0.1) is 22.7 Å². The van der Waals surface area contributed by atoms with Gasteiger partial charge in [0, 0.05) is 9.61 Å². The van der Waals surface area contributed by atoms with Crippen LogP contribution in [-0.4, -0.2) is 27.0 Å². The predicted octanol–water partition coefficient (Wildman–Crippen LogP) is 5.18. The first-order valence-electron chi connectivity index (χ1n) is 8.20. The summed E-state index contributed by atoms with van der Waals surface area (Å²) in [5.41, 5.74) is 1.06. The number of carbonyl (C=O) groups excluding carboxylic acids is 1. The number of hydrogen-bond donors (Lipinski definition) is 0. The fraction of sp³-hybridized carbons (Fsp3) is 0.211. The molecular formula is C19H16ClFIN3O2. The summed E-state index contributed by atoms with van der Waals surface area (Å²) < 4.78 is 19.6. The van der Waals surface area contributed by atoms with Crippen molar-refractivity contribution in [1.29, 1.82) is 0 Å². The summed E-state index contributed by atoms with van der Waals surface area (Å²) in [5, 5.41) is 8.57. The molecule has 0 N–H and O–H groups in total. The first kappa shape index (κ1) is 19.8. The van der Waals surface area contributed by atoms with Gasteiger partial charge in [-0.05, 0) is 66.8 Å². The highest BCUT2D eigenvalue weighted by molar-refractivity contribution is 14.1. The molecule has 0 saturated carbocycles. The van der Waals surface area contributed by atoms with Crippen LogP contribution in [0.5, 0.6) is 0 Å². The lowest BCUT2D eigenvalue weighted by atomic mass is 10.1. The second kappa shape index (κ2) is 8.35. The van der Waals surface area contributed by atoms with Gasteiger partial charge in [0.2, 0.25) is 11.8 Å². The van der Waals surface area contributed by atoms with Crippen molar-refractivity contribution in [3.63, 3.8) is 0 Å². The van der Waals surface area contributed by atoms with Crippen LogP contribution in [0.3, 0.4) is 0 Å². The zero-order chi connectivity index (χ0) is 19.6. The van der Waals surface area contributed by atoms with E-state index < -0.39 is 0 Å². The van der Waals surface area contributed by atoms with E-state index in [2.05, 4.69) is 10.2 Å². The van der Waals surface area contributed by atoms with E-state index in [0.29, 0.717) is 31.5 Å². The molecule has 0 aliphatic carbocycles. The minimum atomic E-state index is -0.381. The second-order valence-electron chi connectivity index (χ2n) is 6.13. The SMILES string of the molecule is CC(C)N(Cc1nnc(-c2ccccc2Cl)o1)C(=O)c1ccc(F)cc1I. The Morgan fingerprint density at radius 3 is 2.67 bits per heavy atom. The summed E-state index contributed by atoms with van der Waals surface area (Å²) in [6, 6.07) is 11.1. The zero-order valence-corrected chi connectivity index (χ0v) is 17.5. The standard InChI is InChI=1S/C19H16ClFIN3O2/c1-11(2)25(19(26)14-8-7-12(21)9-16(14)22)10-17-23-24-18(27-17)13-5-3-4-6-15(13)20/h3-9,11H,10H2,1-2H3. The zero-order valence-electron chi connectivity index (χ0n) is 14.6. The summed E-state index contributed by atoms with van der Waals surface area (Å²) in [6.45, 7) is 3.92. The predicted molar refractivity (Wildman–Crippen MR) is 109 cm³/mol. The molecule has 0 saturated heterocycles. The number of nitrogens with zero attached hydrogens (tertiary/aromatic N) is 3. The van der Waals surface area contributed by atoms with Crippen molar-refractivity contribution in [3.05, 3.63) is 68.3 Å². The summed E-state index contributed by atoms with van der Waals surface area (Å²) in [4.78, 5) is 14.5. The molecular weight excluding hydrogens is 484 g/mol. The van der Waals surface area contributed by atoms with E-state index in [1.807, 2.05) is 48.6 Å². The number of carbonyl (C=O) groups is 1. The Balaban J connectivity index is 1.85. The number of benzene rings is 2. The molecule has 3 rings (SSSR count). The van der Waals surface area contributed by atoms with Crippen molar-refractivity contribution in [2.45, 2.75) is 26.4 Å². The van der Waals surface area contributed by atoms with Crippen LogP contribution < -0.4 is 0 Å². The average molecular weight is 500 g/mol. The van der Waals surface area contributed by atoms with E-state index in [4.69, 9.17) is 16.0 Å². The lowest BCUT2D eigenvalue weighted by molar-refractivity contribution is 0.0671. The molecule has 2 aromatic carbocycles. The van der Waals surface area contributed by atoms with E-state index in [0.717, 1.165) is 0 Å². The van der Waals surface area contributed by atoms with E-state index in [1.54, 1.807) is 17.0 Å². The summed E-state index contributed by atoms with van der Waals surface area (Å²) >= 11 is 8.11. The smallest absolute Gasteiger partial charge is 0.255 e. The fourth-order valence-corrected chi connectivity index (χ4v) is 3.44. The van der Waals surface area contributed by atoms with Gasteiger partial charge in [0.25, 0.3) is 5.91 Å². The number of halogens is 3. The van der Waals surface area contributed by atoms with E-state index in [-0.39, 0.29) is 24.3 Å². The Bertz CT molecular complexity index is 977. The number of amides is 1. The van der Waals surface area contributed by atoms with Crippen LogP contribution in [0.2, 0.25) is 5.02 Å². The summed E-state index contributed by atoms with van der Waals surface area (Å²) in [5.74, 6) is -0.0209. The molecule has 1 aromatic heterocycles. The Kier molecular flexibility index (Phi) is 6.11. The van der Waals surface area contributed by atoms with E-state index in [9.17, 15) is 9.18 Å². The third kappa shape index (κ3) is 4.47. The van der Waals surface area contributed by atoms with Crippen molar-refractivity contribution >= 4 is 40.1 Å². The maximum Gasteiger partial charge on any atom is 0.255 e. The molecule has 1 amide bonds. The van der Waals surface area contributed by atoms with Crippen LogP contribution in [0.1, 0.15) is 30.1 Å². The van der Waals surface area contributed by atoms with Gasteiger partial charge in [0.15, 0.2) is 0 Å². The lowest BCUT2D eigenvalue weighted by Gasteiger charge is -2.25. The Morgan fingerprint density at radius 2 is 2.00 bits per heavy atom. The molecule has 1 heterocycles. The molecule has 0 unspecified atom stereocenters. The highest BCUT2D eigenvalue weighted by atomic mass is 127. The fourth-order valence-electron chi connectivity index (χ4n) is 2.51. The number of rotatable bonds is 5. The maximum absolute atomic E-state index is 13.3. The summed E-state index contributed by atoms with van der Waals surface area (Å²) in [7, 11) is 0. The van der Waals surface area contributed by atoms with Crippen LogP contribution in [0.4, 0.5) is 4.39 Å². The Morgan fingerprint density at radius 1 is 1.26 bits per heavy atom. The van der Waals surface area contributed by atoms with Gasteiger partial charge in [-0.3, -0.25) is 4.79 Å². The Labute approximate surface area is 174 Å². The second-order valence-corrected chi connectivity index (χ2v) is 7.70. The minimum Gasteiger partial charge on any atom is -0.419 e. The molecule has 3 aromatic rings. The highest BCUT2D eigenvalue weighted by Crippen LogP contribution is 2.27. The first-order chi connectivity index (χ1) is 12.9. The molecule has 0 aliphatic heterocycles. The molecule has 5 nitrogen and oxygen atoms in total. The van der Waals surface area contributed by atoms with Crippen molar-refractivity contribution in [3.8, 4) is 11.5 Å². The van der Waals surface area contributed by atoms with Gasteiger partial charge in [-0.25, -0.2) is 4.39 Å². The topological polar surface area (TPSA) is 59.2 Å². The van der Waals surface area contributed by atoms with E-state index >= 15 is 0 Å². The van der Waals surface area contributed by atoms with Crippen molar-refractivity contribution in [1.82, 2.24) is 15.1 Å². The van der Waals surface area contributed by atoms with Gasteiger partial charge >= 0.3 is 0 Å². The average Bonchev–Trinajstić information content (AvgIpc) is 3.08.